The predicted octanol–water partition coefficient (Wildman–Crippen LogP) is 2.72. The maximum absolute atomic E-state index is 12.7. The van der Waals surface area contributed by atoms with Crippen molar-refractivity contribution in [3.05, 3.63) is 46.7 Å². The number of methoxy groups -OCH3 is 1. The van der Waals surface area contributed by atoms with Gasteiger partial charge in [-0.3, -0.25) is 0 Å². The van der Waals surface area contributed by atoms with Crippen LogP contribution in [0.5, 0.6) is 0 Å². The van der Waals surface area contributed by atoms with E-state index in [0.29, 0.717) is 16.6 Å². The van der Waals surface area contributed by atoms with Crippen LogP contribution in [0, 0.1) is 5.82 Å². The topological polar surface area (TPSA) is 51.2 Å². The van der Waals surface area contributed by atoms with Crippen LogP contribution in [0.4, 0.5) is 9.52 Å². The summed E-state index contributed by atoms with van der Waals surface area (Å²) in [5, 5.41) is 3.78. The average Bonchev–Trinajstić information content (AvgIpc) is 2.89. The van der Waals surface area contributed by atoms with Gasteiger partial charge in [0.2, 0.25) is 0 Å². The van der Waals surface area contributed by atoms with Crippen LogP contribution in [0.1, 0.15) is 15.2 Å². The zero-order valence-corrected chi connectivity index (χ0v) is 11.2. The van der Waals surface area contributed by atoms with E-state index in [-0.39, 0.29) is 11.8 Å². The van der Waals surface area contributed by atoms with Gasteiger partial charge < -0.3 is 10.1 Å². The molecule has 1 N–H and O–H groups in total. The Balaban J connectivity index is 1.84. The van der Waals surface area contributed by atoms with Gasteiger partial charge in [0.05, 0.1) is 13.3 Å². The van der Waals surface area contributed by atoms with Crippen molar-refractivity contribution in [3.8, 4) is 0 Å². The zero-order valence-electron chi connectivity index (χ0n) is 10.4. The Morgan fingerprint density at radius 2 is 2.16 bits per heavy atom. The van der Waals surface area contributed by atoms with E-state index >= 15 is 0 Å². The molecule has 0 atom stereocenters. The molecule has 1 heterocycles. The summed E-state index contributed by atoms with van der Waals surface area (Å²) in [6, 6.07) is 6.37. The highest BCUT2D eigenvalue weighted by Crippen LogP contribution is 2.18. The number of carbonyl (C=O) groups is 1. The van der Waals surface area contributed by atoms with E-state index < -0.39 is 0 Å². The molecule has 0 bridgehead atoms. The first-order chi connectivity index (χ1) is 9.19. The maximum Gasteiger partial charge on any atom is 0.349 e. The predicted molar refractivity (Wildman–Crippen MR) is 72.0 cm³/mol. The normalized spacial score (nSPS) is 10.2. The molecule has 2 rings (SSSR count). The average molecular weight is 280 g/mol. The van der Waals surface area contributed by atoms with Gasteiger partial charge in [-0.1, -0.05) is 23.5 Å². The van der Waals surface area contributed by atoms with E-state index in [1.165, 1.54) is 36.8 Å². The van der Waals surface area contributed by atoms with E-state index in [0.717, 1.165) is 12.0 Å². The van der Waals surface area contributed by atoms with Crippen LogP contribution in [-0.4, -0.2) is 24.6 Å². The number of halogens is 1. The van der Waals surface area contributed by atoms with Gasteiger partial charge in [-0.2, -0.15) is 0 Å². The number of hydrogen-bond donors (Lipinski definition) is 1. The first-order valence-electron chi connectivity index (χ1n) is 5.71. The van der Waals surface area contributed by atoms with Gasteiger partial charge in [0, 0.05) is 6.54 Å². The molecule has 19 heavy (non-hydrogen) atoms. The molecule has 0 unspecified atom stereocenters. The van der Waals surface area contributed by atoms with E-state index in [4.69, 9.17) is 0 Å². The molecule has 0 spiro atoms. The Labute approximate surface area is 114 Å². The first-order valence-corrected chi connectivity index (χ1v) is 6.53. The fraction of sp³-hybridized carbons (Fsp3) is 0.231. The second-order valence-electron chi connectivity index (χ2n) is 3.82. The van der Waals surface area contributed by atoms with Gasteiger partial charge in [-0.25, -0.2) is 14.2 Å². The minimum absolute atomic E-state index is 0.237. The number of nitrogens with one attached hydrogen (secondary N) is 1. The van der Waals surface area contributed by atoms with Gasteiger partial charge in [0.1, 0.15) is 10.7 Å². The standard InChI is InChI=1S/C13H13FN2O2S/c1-18-12(17)11-8-16-13(19-11)15-7-6-9-2-4-10(14)5-3-9/h2-5,8H,6-7H2,1H3,(H,15,16). The highest BCUT2D eigenvalue weighted by atomic mass is 32.1. The van der Waals surface area contributed by atoms with E-state index in [9.17, 15) is 9.18 Å². The summed E-state index contributed by atoms with van der Waals surface area (Å²) in [6.45, 7) is 0.666. The number of anilines is 1. The number of hydrogen-bond acceptors (Lipinski definition) is 5. The second kappa shape index (κ2) is 6.29. The van der Waals surface area contributed by atoms with Crippen molar-refractivity contribution in [3.63, 3.8) is 0 Å². The minimum Gasteiger partial charge on any atom is -0.465 e. The summed E-state index contributed by atoms with van der Waals surface area (Å²) in [4.78, 5) is 15.8. The Kier molecular flexibility index (Phi) is 4.46. The quantitative estimate of drug-likeness (QED) is 0.856. The third-order valence-electron chi connectivity index (χ3n) is 2.50. The van der Waals surface area contributed by atoms with Gasteiger partial charge >= 0.3 is 5.97 Å². The summed E-state index contributed by atoms with van der Waals surface area (Å²) < 4.78 is 17.3. The van der Waals surface area contributed by atoms with Crippen LogP contribution >= 0.6 is 11.3 Å². The van der Waals surface area contributed by atoms with Crippen molar-refractivity contribution in [1.29, 1.82) is 0 Å². The van der Waals surface area contributed by atoms with Gasteiger partial charge in [0.15, 0.2) is 5.13 Å². The number of benzene rings is 1. The van der Waals surface area contributed by atoms with Crippen LogP contribution in [0.25, 0.3) is 0 Å². The number of esters is 1. The Morgan fingerprint density at radius 3 is 2.84 bits per heavy atom. The third kappa shape index (κ3) is 3.75. The molecule has 0 fully saturated rings. The number of aromatic nitrogens is 1. The molecule has 1 aromatic heterocycles. The molecule has 0 aliphatic heterocycles. The number of rotatable bonds is 5. The number of ether oxygens (including phenoxy) is 1. The largest absolute Gasteiger partial charge is 0.465 e. The smallest absolute Gasteiger partial charge is 0.349 e. The Hall–Kier alpha value is -1.95. The molecule has 100 valence electrons. The number of carbonyl (C=O) groups excluding carboxylic acids is 1. The molecule has 0 saturated heterocycles. The number of thiazole rings is 1. The third-order valence-corrected chi connectivity index (χ3v) is 3.43. The molecule has 2 aromatic rings. The molecule has 0 aliphatic carbocycles. The molecule has 0 saturated carbocycles. The van der Waals surface area contributed by atoms with Crippen molar-refractivity contribution < 1.29 is 13.9 Å². The monoisotopic (exact) mass is 280 g/mol. The fourth-order valence-corrected chi connectivity index (χ4v) is 2.28. The highest BCUT2D eigenvalue weighted by molar-refractivity contribution is 7.17. The Morgan fingerprint density at radius 1 is 1.42 bits per heavy atom. The summed E-state index contributed by atoms with van der Waals surface area (Å²) >= 11 is 1.25. The lowest BCUT2D eigenvalue weighted by atomic mass is 10.1. The van der Waals surface area contributed by atoms with Crippen LogP contribution in [-0.2, 0) is 11.2 Å². The summed E-state index contributed by atoms with van der Waals surface area (Å²) in [5.41, 5.74) is 1.04. The first kappa shape index (κ1) is 13.5. The molecule has 4 nitrogen and oxygen atoms in total. The molecule has 0 amide bonds. The molecular formula is C13H13FN2O2S. The van der Waals surface area contributed by atoms with Gasteiger partial charge in [-0.05, 0) is 24.1 Å². The van der Waals surface area contributed by atoms with Crippen molar-refractivity contribution in [2.75, 3.05) is 19.0 Å². The van der Waals surface area contributed by atoms with Gasteiger partial charge in [-0.15, -0.1) is 0 Å². The van der Waals surface area contributed by atoms with Crippen LogP contribution in [0.15, 0.2) is 30.5 Å². The van der Waals surface area contributed by atoms with Crippen molar-refractivity contribution in [2.45, 2.75) is 6.42 Å². The summed E-state index contributed by atoms with van der Waals surface area (Å²) in [5.74, 6) is -0.622. The molecular weight excluding hydrogens is 267 g/mol. The summed E-state index contributed by atoms with van der Waals surface area (Å²) in [7, 11) is 1.34. The lowest BCUT2D eigenvalue weighted by Gasteiger charge is -2.02. The Bertz CT molecular complexity index is 554. The zero-order chi connectivity index (χ0) is 13.7. The van der Waals surface area contributed by atoms with Crippen LogP contribution in [0.2, 0.25) is 0 Å². The van der Waals surface area contributed by atoms with Crippen LogP contribution < -0.4 is 5.32 Å². The van der Waals surface area contributed by atoms with Crippen molar-refractivity contribution >= 4 is 22.4 Å². The second-order valence-corrected chi connectivity index (χ2v) is 4.86. The minimum atomic E-state index is -0.385. The SMILES string of the molecule is COC(=O)c1cnc(NCCc2ccc(F)cc2)s1. The summed E-state index contributed by atoms with van der Waals surface area (Å²) in [6.07, 6.45) is 2.24. The van der Waals surface area contributed by atoms with E-state index in [2.05, 4.69) is 15.0 Å². The van der Waals surface area contributed by atoms with E-state index in [1.807, 2.05) is 0 Å². The van der Waals surface area contributed by atoms with Crippen molar-refractivity contribution in [2.24, 2.45) is 0 Å². The maximum atomic E-state index is 12.7. The lowest BCUT2D eigenvalue weighted by Crippen LogP contribution is -2.04. The van der Waals surface area contributed by atoms with Crippen LogP contribution in [0.3, 0.4) is 0 Å². The lowest BCUT2D eigenvalue weighted by molar-refractivity contribution is 0.0606. The highest BCUT2D eigenvalue weighted by Gasteiger charge is 2.09. The fourth-order valence-electron chi connectivity index (χ4n) is 1.52. The molecule has 0 aliphatic rings. The van der Waals surface area contributed by atoms with E-state index in [1.54, 1.807) is 12.1 Å². The molecule has 0 radical (unpaired) electrons. The molecule has 6 heteroatoms. The molecule has 1 aromatic carbocycles. The van der Waals surface area contributed by atoms with Gasteiger partial charge in [0.25, 0.3) is 0 Å². The number of nitrogens with zero attached hydrogens (tertiary/aromatic N) is 1. The van der Waals surface area contributed by atoms with Crippen molar-refractivity contribution in [1.82, 2.24) is 4.98 Å².